The topological polar surface area (TPSA) is 66.9 Å². The lowest BCUT2D eigenvalue weighted by Crippen LogP contribution is -2.33. The fourth-order valence-corrected chi connectivity index (χ4v) is 3.46. The summed E-state index contributed by atoms with van der Waals surface area (Å²) in [5, 5.41) is 8.13. The third-order valence-corrected chi connectivity index (χ3v) is 4.70. The van der Waals surface area contributed by atoms with Crippen molar-refractivity contribution in [1.29, 1.82) is 0 Å². The molecule has 0 radical (unpaired) electrons. The Balaban J connectivity index is 1.75. The van der Waals surface area contributed by atoms with Gasteiger partial charge in [-0.1, -0.05) is 18.2 Å². The van der Waals surface area contributed by atoms with Gasteiger partial charge in [-0.25, -0.2) is 4.98 Å². The third kappa shape index (κ3) is 4.22. The molecule has 1 atom stereocenters. The van der Waals surface area contributed by atoms with Gasteiger partial charge in [0.2, 0.25) is 0 Å². The van der Waals surface area contributed by atoms with Gasteiger partial charge in [0.1, 0.15) is 5.69 Å². The molecule has 3 aromatic rings. The van der Waals surface area contributed by atoms with Crippen LogP contribution >= 0.6 is 11.3 Å². The number of hydrogen-bond donors (Lipinski definition) is 2. The molecule has 0 saturated carbocycles. The highest BCUT2D eigenvalue weighted by Crippen LogP contribution is 2.24. The Morgan fingerprint density at radius 2 is 2.04 bits per heavy atom. The number of rotatable bonds is 6. The summed E-state index contributed by atoms with van der Waals surface area (Å²) in [6.07, 6.45) is 4.11. The fraction of sp³-hybridized carbons (Fsp3) is 0.211. The van der Waals surface area contributed by atoms with Crippen LogP contribution < -0.4 is 10.6 Å². The van der Waals surface area contributed by atoms with E-state index in [1.165, 1.54) is 4.88 Å². The van der Waals surface area contributed by atoms with Gasteiger partial charge < -0.3 is 10.6 Å². The first-order valence-corrected chi connectivity index (χ1v) is 8.98. The molecule has 0 spiro atoms. The maximum Gasteiger partial charge on any atom is 0.251 e. The van der Waals surface area contributed by atoms with E-state index in [0.29, 0.717) is 11.4 Å². The van der Waals surface area contributed by atoms with Gasteiger partial charge >= 0.3 is 0 Å². The minimum Gasteiger partial charge on any atom is -0.371 e. The first-order valence-electron chi connectivity index (χ1n) is 8.10. The molecule has 25 heavy (non-hydrogen) atoms. The van der Waals surface area contributed by atoms with Crippen molar-refractivity contribution in [1.82, 2.24) is 15.3 Å². The minimum atomic E-state index is -0.0826. The van der Waals surface area contributed by atoms with E-state index in [2.05, 4.69) is 26.7 Å². The highest BCUT2D eigenvalue weighted by molar-refractivity contribution is 7.09. The number of nitrogens with zero attached hydrogens (tertiary/aromatic N) is 2. The van der Waals surface area contributed by atoms with Gasteiger partial charge in [0.15, 0.2) is 5.82 Å². The molecular weight excluding hydrogens is 332 g/mol. The summed E-state index contributed by atoms with van der Waals surface area (Å²) >= 11 is 1.70. The van der Waals surface area contributed by atoms with E-state index in [9.17, 15) is 4.79 Å². The maximum absolute atomic E-state index is 12.6. The molecular formula is C19H20N4OS. The Morgan fingerprint density at radius 3 is 2.80 bits per heavy atom. The van der Waals surface area contributed by atoms with E-state index in [1.807, 2.05) is 42.6 Å². The van der Waals surface area contributed by atoms with Crippen molar-refractivity contribution in [2.75, 3.05) is 12.4 Å². The van der Waals surface area contributed by atoms with Crippen molar-refractivity contribution in [3.05, 3.63) is 64.6 Å². The van der Waals surface area contributed by atoms with E-state index in [0.717, 1.165) is 17.7 Å². The van der Waals surface area contributed by atoms with Crippen LogP contribution in [0.25, 0.3) is 11.3 Å². The number of carbonyl (C=O) groups excluding carboxylic acids is 1. The largest absolute Gasteiger partial charge is 0.371 e. The van der Waals surface area contributed by atoms with E-state index < -0.39 is 0 Å². The molecule has 6 heteroatoms. The van der Waals surface area contributed by atoms with Crippen LogP contribution in [-0.2, 0) is 6.42 Å². The van der Waals surface area contributed by atoms with Crippen LogP contribution in [0.2, 0.25) is 0 Å². The molecule has 0 unspecified atom stereocenters. The van der Waals surface area contributed by atoms with Crippen LogP contribution in [0.1, 0.15) is 22.2 Å². The Hall–Kier alpha value is -2.73. The minimum absolute atomic E-state index is 0.0687. The number of amides is 1. The second-order valence-electron chi connectivity index (χ2n) is 5.74. The highest BCUT2D eigenvalue weighted by atomic mass is 32.1. The molecule has 0 bridgehead atoms. The molecule has 0 aliphatic rings. The number of aromatic nitrogens is 2. The summed E-state index contributed by atoms with van der Waals surface area (Å²) in [6, 6.07) is 11.6. The summed E-state index contributed by atoms with van der Waals surface area (Å²) in [5.74, 6) is 0.604. The van der Waals surface area contributed by atoms with E-state index in [4.69, 9.17) is 0 Å². The van der Waals surface area contributed by atoms with Crippen molar-refractivity contribution in [3.63, 3.8) is 0 Å². The Bertz CT molecular complexity index is 848. The van der Waals surface area contributed by atoms with Crippen molar-refractivity contribution in [2.45, 2.75) is 19.4 Å². The van der Waals surface area contributed by atoms with Crippen LogP contribution in [0.4, 0.5) is 5.82 Å². The van der Waals surface area contributed by atoms with Gasteiger partial charge in [-0.2, -0.15) is 0 Å². The second-order valence-corrected chi connectivity index (χ2v) is 6.77. The van der Waals surface area contributed by atoms with Crippen LogP contribution in [0, 0.1) is 0 Å². The molecule has 5 nitrogen and oxygen atoms in total. The Labute approximate surface area is 151 Å². The van der Waals surface area contributed by atoms with Crippen LogP contribution in [-0.4, -0.2) is 29.0 Å². The lowest BCUT2D eigenvalue weighted by atomic mass is 10.1. The van der Waals surface area contributed by atoms with Crippen LogP contribution in [0.15, 0.2) is 54.2 Å². The number of hydrogen-bond acceptors (Lipinski definition) is 5. The molecule has 128 valence electrons. The van der Waals surface area contributed by atoms with Crippen molar-refractivity contribution < 1.29 is 4.79 Å². The van der Waals surface area contributed by atoms with Crippen molar-refractivity contribution >= 4 is 23.1 Å². The molecule has 0 saturated heterocycles. The zero-order valence-corrected chi connectivity index (χ0v) is 15.0. The van der Waals surface area contributed by atoms with Gasteiger partial charge in [-0.3, -0.25) is 9.78 Å². The molecule has 1 aromatic carbocycles. The standard InChI is InChI=1S/C19H20N4OS/c1-13(11-16-7-4-10-25-16)23-19(24)15-6-3-5-14(12-15)17-18(20-2)22-9-8-21-17/h3-10,12-13H,11H2,1-2H3,(H,20,22)(H,23,24)/t13-/m1/s1. The Morgan fingerprint density at radius 1 is 1.20 bits per heavy atom. The summed E-state index contributed by atoms with van der Waals surface area (Å²) < 4.78 is 0. The monoisotopic (exact) mass is 352 g/mol. The second kappa shape index (κ2) is 7.90. The molecule has 0 fully saturated rings. The maximum atomic E-state index is 12.6. The number of anilines is 1. The quantitative estimate of drug-likeness (QED) is 0.711. The summed E-state index contributed by atoms with van der Waals surface area (Å²) in [4.78, 5) is 22.5. The van der Waals surface area contributed by atoms with Gasteiger partial charge in [-0.05, 0) is 30.5 Å². The third-order valence-electron chi connectivity index (χ3n) is 3.80. The Kier molecular flexibility index (Phi) is 5.40. The van der Waals surface area contributed by atoms with Gasteiger partial charge in [0.05, 0.1) is 0 Å². The van der Waals surface area contributed by atoms with Gasteiger partial charge in [0, 0.05) is 47.9 Å². The summed E-state index contributed by atoms with van der Waals surface area (Å²) in [6.45, 7) is 2.02. The van der Waals surface area contributed by atoms with E-state index in [1.54, 1.807) is 30.8 Å². The normalized spacial score (nSPS) is 11.8. The molecule has 3 rings (SSSR count). The number of thiophene rings is 1. The molecule has 2 heterocycles. The first-order chi connectivity index (χ1) is 12.2. The molecule has 2 aromatic heterocycles. The smallest absolute Gasteiger partial charge is 0.251 e. The lowest BCUT2D eigenvalue weighted by molar-refractivity contribution is 0.0940. The number of carbonyl (C=O) groups is 1. The molecule has 1 amide bonds. The zero-order chi connectivity index (χ0) is 17.6. The molecule has 0 aliphatic heterocycles. The summed E-state index contributed by atoms with van der Waals surface area (Å²) in [7, 11) is 1.80. The van der Waals surface area contributed by atoms with Crippen molar-refractivity contribution in [2.24, 2.45) is 0 Å². The highest BCUT2D eigenvalue weighted by Gasteiger charge is 2.13. The lowest BCUT2D eigenvalue weighted by Gasteiger charge is -2.14. The van der Waals surface area contributed by atoms with E-state index >= 15 is 0 Å². The fourth-order valence-electron chi connectivity index (χ4n) is 2.63. The van der Waals surface area contributed by atoms with Crippen LogP contribution in [0.3, 0.4) is 0 Å². The van der Waals surface area contributed by atoms with Gasteiger partial charge in [0.25, 0.3) is 5.91 Å². The average Bonchev–Trinajstić information content (AvgIpc) is 3.14. The van der Waals surface area contributed by atoms with Gasteiger partial charge in [-0.15, -0.1) is 11.3 Å². The number of benzene rings is 1. The predicted molar refractivity (Wildman–Crippen MR) is 102 cm³/mol. The molecule has 2 N–H and O–H groups in total. The van der Waals surface area contributed by atoms with Crippen LogP contribution in [0.5, 0.6) is 0 Å². The van der Waals surface area contributed by atoms with Crippen molar-refractivity contribution in [3.8, 4) is 11.3 Å². The van der Waals surface area contributed by atoms with E-state index in [-0.39, 0.29) is 11.9 Å². The first kappa shape index (κ1) is 17.1. The summed E-state index contributed by atoms with van der Waals surface area (Å²) in [5.41, 5.74) is 2.20. The average molecular weight is 352 g/mol. The molecule has 0 aliphatic carbocycles. The predicted octanol–water partition coefficient (Wildman–Crippen LogP) is 3.61. The zero-order valence-electron chi connectivity index (χ0n) is 14.2. The SMILES string of the molecule is CNc1nccnc1-c1cccc(C(=O)N[C@H](C)Cc2cccs2)c1. The number of nitrogens with one attached hydrogen (secondary N) is 2.